The zero-order valence-electron chi connectivity index (χ0n) is 14.4. The maximum atomic E-state index is 13.0. The predicted molar refractivity (Wildman–Crippen MR) is 99.8 cm³/mol. The summed E-state index contributed by atoms with van der Waals surface area (Å²) in [6.45, 7) is 3.60. The van der Waals surface area contributed by atoms with E-state index >= 15 is 0 Å². The van der Waals surface area contributed by atoms with E-state index in [4.69, 9.17) is 0 Å². The molecule has 0 saturated carbocycles. The quantitative estimate of drug-likeness (QED) is 0.800. The van der Waals surface area contributed by atoms with Crippen molar-refractivity contribution in [3.63, 3.8) is 0 Å². The van der Waals surface area contributed by atoms with Gasteiger partial charge in [-0.3, -0.25) is 10.2 Å². The standard InChI is InChI=1S/C20H22N4O/c1-22-11-13-23(14-12-22)21-20(25)19-15-16-7-5-6-10-18(16)24(19)17-8-3-2-4-9-17/h2-10,15H,11-14H2,1H3,(H,21,25). The van der Waals surface area contributed by atoms with Crippen molar-refractivity contribution in [2.75, 3.05) is 33.2 Å². The van der Waals surface area contributed by atoms with Crippen LogP contribution in [0.1, 0.15) is 10.5 Å². The summed E-state index contributed by atoms with van der Waals surface area (Å²) < 4.78 is 2.03. The molecule has 1 fully saturated rings. The molecule has 5 nitrogen and oxygen atoms in total. The lowest BCUT2D eigenvalue weighted by Gasteiger charge is -2.32. The molecule has 0 bridgehead atoms. The molecule has 0 unspecified atom stereocenters. The van der Waals surface area contributed by atoms with Gasteiger partial charge in [0.05, 0.1) is 5.52 Å². The van der Waals surface area contributed by atoms with Gasteiger partial charge in [-0.2, -0.15) is 0 Å². The molecular formula is C20H22N4O. The van der Waals surface area contributed by atoms with E-state index in [1.165, 1.54) is 0 Å². The Kier molecular flexibility index (Phi) is 4.26. The van der Waals surface area contributed by atoms with Gasteiger partial charge >= 0.3 is 0 Å². The topological polar surface area (TPSA) is 40.5 Å². The van der Waals surface area contributed by atoms with Crippen LogP contribution in [0.25, 0.3) is 16.6 Å². The minimum atomic E-state index is -0.0652. The van der Waals surface area contributed by atoms with E-state index in [1.807, 2.05) is 64.2 Å². The van der Waals surface area contributed by atoms with Crippen LogP contribution in [0.15, 0.2) is 60.7 Å². The molecule has 1 aliphatic heterocycles. The molecule has 128 valence electrons. The number of hydrazine groups is 1. The number of carbonyl (C=O) groups excluding carboxylic acids is 1. The van der Waals surface area contributed by atoms with Crippen LogP contribution < -0.4 is 5.43 Å². The van der Waals surface area contributed by atoms with Gasteiger partial charge < -0.3 is 9.47 Å². The van der Waals surface area contributed by atoms with Crippen molar-refractivity contribution >= 4 is 16.8 Å². The molecule has 3 aromatic rings. The van der Waals surface area contributed by atoms with E-state index in [2.05, 4.69) is 23.4 Å². The van der Waals surface area contributed by atoms with Crippen molar-refractivity contribution in [3.8, 4) is 5.69 Å². The van der Waals surface area contributed by atoms with Crippen molar-refractivity contribution in [1.29, 1.82) is 0 Å². The van der Waals surface area contributed by atoms with Crippen LogP contribution in [0.5, 0.6) is 0 Å². The maximum Gasteiger partial charge on any atom is 0.282 e. The fourth-order valence-corrected chi connectivity index (χ4v) is 3.30. The molecule has 2 aromatic carbocycles. The molecule has 1 N–H and O–H groups in total. The SMILES string of the molecule is CN1CCN(NC(=O)c2cc3ccccc3n2-c2ccccc2)CC1. The predicted octanol–water partition coefficient (Wildman–Crippen LogP) is 2.52. The lowest BCUT2D eigenvalue weighted by molar-refractivity contribution is 0.0656. The molecule has 5 heteroatoms. The Morgan fingerprint density at radius 2 is 1.60 bits per heavy atom. The molecule has 25 heavy (non-hydrogen) atoms. The Hall–Kier alpha value is -2.63. The van der Waals surface area contributed by atoms with Crippen LogP contribution in [0, 0.1) is 0 Å². The van der Waals surface area contributed by atoms with E-state index in [0.717, 1.165) is 42.8 Å². The molecule has 0 spiro atoms. The fraction of sp³-hybridized carbons (Fsp3) is 0.250. The van der Waals surface area contributed by atoms with Gasteiger partial charge in [0.1, 0.15) is 5.69 Å². The monoisotopic (exact) mass is 334 g/mol. The third-order valence-electron chi connectivity index (χ3n) is 4.72. The highest BCUT2D eigenvalue weighted by atomic mass is 16.2. The molecule has 0 atom stereocenters. The summed E-state index contributed by atoms with van der Waals surface area (Å²) in [5.74, 6) is -0.0652. The highest BCUT2D eigenvalue weighted by molar-refractivity contribution is 5.99. The number of para-hydroxylation sites is 2. The number of aromatic nitrogens is 1. The third-order valence-corrected chi connectivity index (χ3v) is 4.72. The zero-order chi connectivity index (χ0) is 17.2. The molecule has 1 saturated heterocycles. The second-order valence-electron chi connectivity index (χ2n) is 6.49. The van der Waals surface area contributed by atoms with Gasteiger partial charge in [0.15, 0.2) is 0 Å². The van der Waals surface area contributed by atoms with Gasteiger partial charge in [0.25, 0.3) is 5.91 Å². The summed E-state index contributed by atoms with van der Waals surface area (Å²) in [4.78, 5) is 15.2. The normalized spacial score (nSPS) is 16.2. The number of piperazine rings is 1. The van der Waals surface area contributed by atoms with E-state index in [-0.39, 0.29) is 5.91 Å². The van der Waals surface area contributed by atoms with E-state index < -0.39 is 0 Å². The molecule has 0 radical (unpaired) electrons. The number of carbonyl (C=O) groups is 1. The first-order chi connectivity index (χ1) is 12.2. The summed E-state index contributed by atoms with van der Waals surface area (Å²) in [5, 5.41) is 3.07. The van der Waals surface area contributed by atoms with E-state index in [1.54, 1.807) is 0 Å². The first-order valence-electron chi connectivity index (χ1n) is 8.63. The smallest absolute Gasteiger partial charge is 0.282 e. The highest BCUT2D eigenvalue weighted by Gasteiger charge is 2.20. The average molecular weight is 334 g/mol. The number of rotatable bonds is 3. The highest BCUT2D eigenvalue weighted by Crippen LogP contribution is 2.24. The van der Waals surface area contributed by atoms with Crippen molar-refractivity contribution in [2.45, 2.75) is 0 Å². The van der Waals surface area contributed by atoms with Crippen molar-refractivity contribution in [1.82, 2.24) is 19.9 Å². The number of nitrogens with one attached hydrogen (secondary N) is 1. The van der Waals surface area contributed by atoms with Crippen LogP contribution in [0.2, 0.25) is 0 Å². The van der Waals surface area contributed by atoms with Crippen LogP contribution >= 0.6 is 0 Å². The number of fused-ring (bicyclic) bond motifs is 1. The largest absolute Gasteiger partial charge is 0.305 e. The Morgan fingerprint density at radius 3 is 2.36 bits per heavy atom. The number of likely N-dealkylation sites (N-methyl/N-ethyl adjacent to an activating group) is 1. The van der Waals surface area contributed by atoms with Gasteiger partial charge in [-0.1, -0.05) is 36.4 Å². The summed E-state index contributed by atoms with van der Waals surface area (Å²) in [6.07, 6.45) is 0. The van der Waals surface area contributed by atoms with Crippen molar-refractivity contribution in [2.24, 2.45) is 0 Å². The first-order valence-corrected chi connectivity index (χ1v) is 8.63. The number of nitrogens with zero attached hydrogens (tertiary/aromatic N) is 3. The maximum absolute atomic E-state index is 13.0. The number of amides is 1. The first kappa shape index (κ1) is 15.9. The van der Waals surface area contributed by atoms with Crippen molar-refractivity contribution in [3.05, 3.63) is 66.4 Å². The fourth-order valence-electron chi connectivity index (χ4n) is 3.30. The van der Waals surface area contributed by atoms with Gasteiger partial charge in [0, 0.05) is 37.3 Å². The van der Waals surface area contributed by atoms with Crippen LogP contribution in [0.3, 0.4) is 0 Å². The third kappa shape index (κ3) is 3.16. The lowest BCUT2D eigenvalue weighted by atomic mass is 10.2. The second-order valence-corrected chi connectivity index (χ2v) is 6.49. The van der Waals surface area contributed by atoms with Crippen LogP contribution in [-0.4, -0.2) is 53.6 Å². The second kappa shape index (κ2) is 6.70. The molecule has 0 aliphatic carbocycles. The Labute approximate surface area is 147 Å². The summed E-state index contributed by atoms with van der Waals surface area (Å²) in [5.41, 5.74) is 5.76. The van der Waals surface area contributed by atoms with E-state index in [9.17, 15) is 4.79 Å². The zero-order valence-corrected chi connectivity index (χ0v) is 14.4. The molecule has 1 aromatic heterocycles. The van der Waals surface area contributed by atoms with E-state index in [0.29, 0.717) is 5.69 Å². The number of hydrogen-bond acceptors (Lipinski definition) is 3. The molecule has 2 heterocycles. The average Bonchev–Trinajstić information content (AvgIpc) is 3.04. The molecule has 1 amide bonds. The summed E-state index contributed by atoms with van der Waals surface area (Å²) in [6, 6.07) is 20.1. The summed E-state index contributed by atoms with van der Waals surface area (Å²) in [7, 11) is 2.10. The Bertz CT molecular complexity index is 879. The van der Waals surface area contributed by atoms with Gasteiger partial charge in [0.2, 0.25) is 0 Å². The molecular weight excluding hydrogens is 312 g/mol. The van der Waals surface area contributed by atoms with Gasteiger partial charge in [-0.15, -0.1) is 0 Å². The van der Waals surface area contributed by atoms with Crippen LogP contribution in [0.4, 0.5) is 0 Å². The molecule has 4 rings (SSSR count). The van der Waals surface area contributed by atoms with Crippen molar-refractivity contribution < 1.29 is 4.79 Å². The number of benzene rings is 2. The van der Waals surface area contributed by atoms with Gasteiger partial charge in [-0.05, 0) is 31.3 Å². The number of hydrogen-bond donors (Lipinski definition) is 1. The lowest BCUT2D eigenvalue weighted by Crippen LogP contribution is -2.52. The molecule has 1 aliphatic rings. The minimum absolute atomic E-state index is 0.0652. The Balaban J connectivity index is 1.70. The summed E-state index contributed by atoms with van der Waals surface area (Å²) >= 11 is 0. The van der Waals surface area contributed by atoms with Crippen LogP contribution in [-0.2, 0) is 0 Å². The van der Waals surface area contributed by atoms with Gasteiger partial charge in [-0.25, -0.2) is 5.01 Å². The Morgan fingerprint density at radius 1 is 0.920 bits per heavy atom. The minimum Gasteiger partial charge on any atom is -0.305 e.